The summed E-state index contributed by atoms with van der Waals surface area (Å²) in [6, 6.07) is 11.2. The quantitative estimate of drug-likeness (QED) is 0.483. The van der Waals surface area contributed by atoms with Crippen molar-refractivity contribution in [2.24, 2.45) is 34.5 Å². The Morgan fingerprint density at radius 2 is 1.64 bits per heavy atom. The third-order valence-electron chi connectivity index (χ3n) is 15.0. The first kappa shape index (κ1) is 31.7. The van der Waals surface area contributed by atoms with E-state index >= 15 is 0 Å². The van der Waals surface area contributed by atoms with Crippen LogP contribution in [0.25, 0.3) is 10.9 Å². The lowest BCUT2D eigenvalue weighted by Crippen LogP contribution is -2.63. The zero-order chi connectivity index (χ0) is 32.7. The molecule has 0 spiro atoms. The van der Waals surface area contributed by atoms with E-state index in [9.17, 15) is 19.8 Å². The highest BCUT2D eigenvalue weighted by atomic mass is 16.3. The Hall–Kier alpha value is -2.55. The minimum absolute atomic E-state index is 0.0271. The SMILES string of the molecule is CC12CC(N3CCN(C(=O)C4CCCN4C(=O)c4ccc5ccccc5n4)CC3)C(O)CC1CCC1C2CCC2(C)C1CCC2(C)O. The zero-order valence-corrected chi connectivity index (χ0v) is 28.6. The summed E-state index contributed by atoms with van der Waals surface area (Å²) in [7, 11) is 0. The topological polar surface area (TPSA) is 97.2 Å². The van der Waals surface area contributed by atoms with Crippen molar-refractivity contribution < 1.29 is 19.8 Å². The Balaban J connectivity index is 0.924. The number of para-hydroxylation sites is 1. The molecule has 1 aromatic carbocycles. The number of aliphatic hydroxyl groups excluding tert-OH is 1. The van der Waals surface area contributed by atoms with E-state index in [1.165, 1.54) is 19.3 Å². The van der Waals surface area contributed by atoms with Crippen molar-refractivity contribution in [1.82, 2.24) is 19.7 Å². The van der Waals surface area contributed by atoms with Crippen LogP contribution in [0.1, 0.15) is 95.5 Å². The number of aromatic nitrogens is 1. The van der Waals surface area contributed by atoms with Gasteiger partial charge in [0.1, 0.15) is 11.7 Å². The van der Waals surface area contributed by atoms with Gasteiger partial charge in [0.15, 0.2) is 0 Å². The van der Waals surface area contributed by atoms with Crippen LogP contribution in [0.5, 0.6) is 0 Å². The summed E-state index contributed by atoms with van der Waals surface area (Å²) in [5.41, 5.74) is 0.867. The van der Waals surface area contributed by atoms with Crippen LogP contribution >= 0.6 is 0 Å². The number of aliphatic hydroxyl groups is 2. The third kappa shape index (κ3) is 4.98. The number of nitrogens with zero attached hydrogens (tertiary/aromatic N) is 4. The number of pyridine rings is 1. The van der Waals surface area contributed by atoms with Crippen molar-refractivity contribution in [1.29, 1.82) is 0 Å². The summed E-state index contributed by atoms with van der Waals surface area (Å²) in [6.45, 7) is 10.4. The fraction of sp³-hybridized carbons (Fsp3) is 0.718. The van der Waals surface area contributed by atoms with E-state index in [1.807, 2.05) is 35.2 Å². The molecule has 8 nitrogen and oxygen atoms in total. The molecule has 10 atom stereocenters. The number of hydrogen-bond donors (Lipinski definition) is 2. The molecule has 8 rings (SSSR count). The molecule has 10 unspecified atom stereocenters. The normalized spacial score (nSPS) is 42.2. The first-order valence-electron chi connectivity index (χ1n) is 18.6. The van der Waals surface area contributed by atoms with Crippen molar-refractivity contribution in [3.8, 4) is 0 Å². The molecule has 2 N–H and O–H groups in total. The van der Waals surface area contributed by atoms with Crippen molar-refractivity contribution in [2.75, 3.05) is 32.7 Å². The zero-order valence-electron chi connectivity index (χ0n) is 28.6. The minimum Gasteiger partial charge on any atom is -0.391 e. The molecule has 2 amide bonds. The molecule has 1 aromatic heterocycles. The smallest absolute Gasteiger partial charge is 0.273 e. The van der Waals surface area contributed by atoms with Crippen LogP contribution in [0.3, 0.4) is 0 Å². The number of carbonyl (C=O) groups is 2. The molecule has 2 aliphatic heterocycles. The second-order valence-electron chi connectivity index (χ2n) is 16.9. The van der Waals surface area contributed by atoms with Gasteiger partial charge in [-0.15, -0.1) is 0 Å². The van der Waals surface area contributed by atoms with Crippen LogP contribution in [-0.2, 0) is 4.79 Å². The van der Waals surface area contributed by atoms with Gasteiger partial charge in [-0.1, -0.05) is 38.1 Å². The number of fused-ring (bicyclic) bond motifs is 6. The summed E-state index contributed by atoms with van der Waals surface area (Å²) in [6.07, 6.45) is 9.91. The number of carbonyl (C=O) groups excluding carboxylic acids is 2. The van der Waals surface area contributed by atoms with E-state index in [4.69, 9.17) is 0 Å². The predicted molar refractivity (Wildman–Crippen MR) is 181 cm³/mol. The van der Waals surface area contributed by atoms with Gasteiger partial charge in [-0.05, 0) is 118 Å². The van der Waals surface area contributed by atoms with Crippen LogP contribution in [0.15, 0.2) is 36.4 Å². The molecule has 4 saturated carbocycles. The molecule has 6 aliphatic rings. The highest BCUT2D eigenvalue weighted by Crippen LogP contribution is 2.68. The summed E-state index contributed by atoms with van der Waals surface area (Å²) in [5.74, 6) is 2.40. The fourth-order valence-corrected chi connectivity index (χ4v) is 12.0. The largest absolute Gasteiger partial charge is 0.391 e. The summed E-state index contributed by atoms with van der Waals surface area (Å²) in [4.78, 5) is 38.3. The van der Waals surface area contributed by atoms with Gasteiger partial charge in [0, 0.05) is 44.2 Å². The number of piperazine rings is 1. The van der Waals surface area contributed by atoms with E-state index in [-0.39, 0.29) is 34.8 Å². The van der Waals surface area contributed by atoms with Crippen molar-refractivity contribution in [3.05, 3.63) is 42.1 Å². The molecule has 0 bridgehead atoms. The van der Waals surface area contributed by atoms with Crippen LogP contribution in [0, 0.1) is 34.5 Å². The molecule has 254 valence electrons. The lowest BCUT2D eigenvalue weighted by molar-refractivity contribution is -0.168. The van der Waals surface area contributed by atoms with E-state index in [2.05, 4.69) is 30.7 Å². The lowest BCUT2D eigenvalue weighted by Gasteiger charge is -2.63. The van der Waals surface area contributed by atoms with E-state index in [0.717, 1.165) is 62.5 Å². The second-order valence-corrected chi connectivity index (χ2v) is 16.9. The fourth-order valence-electron chi connectivity index (χ4n) is 12.0. The van der Waals surface area contributed by atoms with Crippen LogP contribution in [0.4, 0.5) is 0 Å². The molecular weight excluding hydrogens is 588 g/mol. The van der Waals surface area contributed by atoms with Crippen molar-refractivity contribution in [3.63, 3.8) is 0 Å². The molecule has 47 heavy (non-hydrogen) atoms. The molecule has 6 fully saturated rings. The Labute approximate surface area is 279 Å². The molecule has 3 heterocycles. The maximum absolute atomic E-state index is 13.9. The number of benzene rings is 1. The standard InChI is InChI=1S/C39H54N4O4/c1-37-24-33(34(44)23-26(37)11-12-27-28(37)14-16-38(2)29(27)15-17-39(38,3)47)41-19-21-42(22-20-41)36(46)32-9-6-18-43(32)35(45)31-13-10-25-7-4-5-8-30(25)40-31/h4-5,7-8,10,13,26-29,32-34,44,47H,6,9,11-12,14-24H2,1-3H3. The maximum Gasteiger partial charge on any atom is 0.273 e. The Morgan fingerprint density at radius 3 is 2.45 bits per heavy atom. The average Bonchev–Trinajstić information content (AvgIpc) is 3.66. The van der Waals surface area contributed by atoms with Gasteiger partial charge < -0.3 is 20.0 Å². The Kier molecular flexibility index (Phi) is 7.77. The van der Waals surface area contributed by atoms with E-state index in [1.54, 1.807) is 11.0 Å². The molecule has 2 aromatic rings. The van der Waals surface area contributed by atoms with Gasteiger partial charge in [-0.3, -0.25) is 14.5 Å². The molecular formula is C39H54N4O4. The molecule has 2 saturated heterocycles. The van der Waals surface area contributed by atoms with Gasteiger partial charge in [-0.25, -0.2) is 4.98 Å². The first-order chi connectivity index (χ1) is 22.5. The predicted octanol–water partition coefficient (Wildman–Crippen LogP) is 5.12. The van der Waals surface area contributed by atoms with E-state index < -0.39 is 11.6 Å². The van der Waals surface area contributed by atoms with Gasteiger partial charge in [0.2, 0.25) is 5.91 Å². The van der Waals surface area contributed by atoms with Crippen LogP contribution in [-0.4, -0.2) is 98.2 Å². The average molecular weight is 643 g/mol. The first-order valence-corrected chi connectivity index (χ1v) is 18.6. The Morgan fingerprint density at radius 1 is 0.872 bits per heavy atom. The summed E-state index contributed by atoms with van der Waals surface area (Å²) in [5, 5.41) is 23.9. The minimum atomic E-state index is -0.557. The van der Waals surface area contributed by atoms with Crippen molar-refractivity contribution in [2.45, 2.75) is 109 Å². The summed E-state index contributed by atoms with van der Waals surface area (Å²) >= 11 is 0. The summed E-state index contributed by atoms with van der Waals surface area (Å²) < 4.78 is 0. The number of hydrogen-bond acceptors (Lipinski definition) is 6. The number of rotatable bonds is 3. The van der Waals surface area contributed by atoms with Crippen LogP contribution < -0.4 is 0 Å². The van der Waals surface area contributed by atoms with Gasteiger partial charge in [0.25, 0.3) is 5.91 Å². The maximum atomic E-state index is 13.9. The van der Waals surface area contributed by atoms with Crippen molar-refractivity contribution >= 4 is 22.7 Å². The van der Waals surface area contributed by atoms with Gasteiger partial charge in [-0.2, -0.15) is 0 Å². The Bertz CT molecular complexity index is 1540. The van der Waals surface area contributed by atoms with Crippen LogP contribution in [0.2, 0.25) is 0 Å². The highest BCUT2D eigenvalue weighted by molar-refractivity contribution is 5.98. The lowest BCUT2D eigenvalue weighted by atomic mass is 9.44. The highest BCUT2D eigenvalue weighted by Gasteiger charge is 2.64. The number of likely N-dealkylation sites (tertiary alicyclic amines) is 1. The van der Waals surface area contributed by atoms with E-state index in [0.29, 0.717) is 55.4 Å². The molecule has 4 aliphatic carbocycles. The molecule has 0 radical (unpaired) electrons. The third-order valence-corrected chi connectivity index (χ3v) is 15.0. The second kappa shape index (κ2) is 11.5. The molecule has 8 heteroatoms. The van der Waals surface area contributed by atoms with Gasteiger partial charge >= 0.3 is 0 Å². The number of amides is 2. The van der Waals surface area contributed by atoms with Gasteiger partial charge in [0.05, 0.1) is 17.2 Å². The monoisotopic (exact) mass is 642 g/mol.